The van der Waals surface area contributed by atoms with Crippen molar-refractivity contribution in [1.82, 2.24) is 15.0 Å². The number of hydrogen-bond donors (Lipinski definition) is 0. The number of hydrogen-bond acceptors (Lipinski definition) is 6. The zero-order chi connectivity index (χ0) is 15.7. The van der Waals surface area contributed by atoms with E-state index in [1.807, 2.05) is 10.9 Å². The first-order valence-corrected chi connectivity index (χ1v) is 7.86. The molecule has 22 heavy (non-hydrogen) atoms. The van der Waals surface area contributed by atoms with Gasteiger partial charge in [-0.15, -0.1) is 5.10 Å². The molecule has 9 heteroatoms. The van der Waals surface area contributed by atoms with Gasteiger partial charge in [-0.3, -0.25) is 0 Å². The highest BCUT2D eigenvalue weighted by Gasteiger charge is 2.38. The molecule has 2 aliphatic heterocycles. The quantitative estimate of drug-likeness (QED) is 0.627. The van der Waals surface area contributed by atoms with E-state index in [1.165, 1.54) is 0 Å². The van der Waals surface area contributed by atoms with Crippen LogP contribution in [0.1, 0.15) is 30.7 Å². The van der Waals surface area contributed by atoms with E-state index in [-0.39, 0.29) is 36.4 Å². The van der Waals surface area contributed by atoms with Crippen molar-refractivity contribution in [3.05, 3.63) is 11.9 Å². The second-order valence-electron chi connectivity index (χ2n) is 6.24. The first-order chi connectivity index (χ1) is 10.6. The molecule has 0 bridgehead atoms. The van der Waals surface area contributed by atoms with Crippen LogP contribution in [0, 0.1) is 0 Å². The molecule has 2 fully saturated rings. The van der Waals surface area contributed by atoms with Gasteiger partial charge in [-0.25, -0.2) is 4.68 Å². The van der Waals surface area contributed by atoms with Crippen LogP contribution in [-0.2, 0) is 18.9 Å². The van der Waals surface area contributed by atoms with Gasteiger partial charge in [0.05, 0.1) is 24.9 Å². The molecule has 0 aromatic carbocycles. The van der Waals surface area contributed by atoms with Crippen LogP contribution in [0.3, 0.4) is 0 Å². The van der Waals surface area contributed by atoms with Gasteiger partial charge in [-0.1, -0.05) is 5.21 Å². The molecule has 2 saturated heterocycles. The summed E-state index contributed by atoms with van der Waals surface area (Å²) in [5.41, 5.74) is 0.826. The Morgan fingerprint density at radius 1 is 1.27 bits per heavy atom. The van der Waals surface area contributed by atoms with Crippen LogP contribution in [0.25, 0.3) is 0 Å². The van der Waals surface area contributed by atoms with E-state index in [2.05, 4.69) is 26.0 Å². The number of ether oxygens (including phenoxy) is 4. The van der Waals surface area contributed by atoms with Gasteiger partial charge in [0.15, 0.2) is 0 Å². The molecule has 0 unspecified atom stereocenters. The topological polar surface area (TPSA) is 67.6 Å². The average Bonchev–Trinajstić information content (AvgIpc) is 3.17. The van der Waals surface area contributed by atoms with E-state index in [1.54, 1.807) is 14.2 Å². The molecule has 6 atom stereocenters. The molecule has 3 heterocycles. The maximum absolute atomic E-state index is 5.93. The normalized spacial score (nSPS) is 38.6. The summed E-state index contributed by atoms with van der Waals surface area (Å²) in [7, 11) is 7.53. The van der Waals surface area contributed by atoms with Crippen molar-refractivity contribution in [3.63, 3.8) is 0 Å². The molecule has 0 amide bonds. The van der Waals surface area contributed by atoms with Crippen LogP contribution >= 0.6 is 0 Å². The first-order valence-electron chi connectivity index (χ1n) is 7.86. The van der Waals surface area contributed by atoms with E-state index in [0.29, 0.717) is 6.61 Å². The highest BCUT2D eigenvalue weighted by Crippen LogP contribution is 2.34. The number of aromatic nitrogens is 3. The van der Waals surface area contributed by atoms with E-state index < -0.39 is 0 Å². The number of rotatable bonds is 5. The van der Waals surface area contributed by atoms with Gasteiger partial charge < -0.3 is 18.9 Å². The molecule has 2 aliphatic rings. The van der Waals surface area contributed by atoms with Crippen LogP contribution in [0.5, 0.6) is 0 Å². The molecule has 0 spiro atoms. The Kier molecular flexibility index (Phi) is 4.87. The molecule has 7 nitrogen and oxygen atoms in total. The zero-order valence-electron chi connectivity index (χ0n) is 13.6. The van der Waals surface area contributed by atoms with Crippen molar-refractivity contribution in [2.45, 2.75) is 49.2 Å². The largest absolute Gasteiger partial charge is 0.382 e. The van der Waals surface area contributed by atoms with Crippen molar-refractivity contribution >= 4 is 15.7 Å². The molecule has 0 aliphatic carbocycles. The summed E-state index contributed by atoms with van der Waals surface area (Å²) >= 11 is 0. The molecular weight excluding hydrogens is 284 g/mol. The van der Waals surface area contributed by atoms with Crippen LogP contribution in [0.15, 0.2) is 6.20 Å². The Bertz CT molecular complexity index is 503. The van der Waals surface area contributed by atoms with Gasteiger partial charge in [-0.2, -0.15) is 0 Å². The van der Waals surface area contributed by atoms with Crippen LogP contribution < -0.4 is 0 Å². The molecule has 0 radical (unpaired) electrons. The molecule has 1 aromatic heterocycles. The second kappa shape index (κ2) is 6.70. The minimum atomic E-state index is -0.144. The zero-order valence-corrected chi connectivity index (χ0v) is 13.6. The van der Waals surface area contributed by atoms with Crippen LogP contribution in [0.2, 0.25) is 0 Å². The minimum absolute atomic E-state index is 0.0104. The summed E-state index contributed by atoms with van der Waals surface area (Å²) in [6, 6.07) is 0.527. The number of methoxy groups -OCH3 is 2. The summed E-state index contributed by atoms with van der Waals surface area (Å²) < 4.78 is 24.5. The SMILES string of the molecule is B[C@H]1C[C@@H](OC)[C@@H](c2cn([C@@H]3C[C@H](B)O[C@@H]3COC)nn2)O1. The standard InChI is InChI=1S/C13H23B2N3O4/c1-19-6-10-8(3-11(14)21-10)18-5-7(16-17-18)13-9(20-2)4-12(15)22-13/h5,8-13H,3-4,6,14-15H2,1-2H3/t8-,9-,10-,11-,12-,13-/m1/s1. The molecule has 3 rings (SSSR count). The fourth-order valence-corrected chi connectivity index (χ4v) is 3.44. The third kappa shape index (κ3) is 3.08. The Morgan fingerprint density at radius 2 is 2.05 bits per heavy atom. The van der Waals surface area contributed by atoms with Crippen LogP contribution in [-0.4, -0.2) is 75.7 Å². The van der Waals surface area contributed by atoms with Gasteiger partial charge in [-0.05, 0) is 12.8 Å². The third-order valence-electron chi connectivity index (χ3n) is 4.48. The molecule has 0 N–H and O–H groups in total. The Hall–Kier alpha value is -0.890. The average molecular weight is 307 g/mol. The summed E-state index contributed by atoms with van der Waals surface area (Å²) in [6.45, 7) is 0.557. The molecule has 120 valence electrons. The van der Waals surface area contributed by atoms with E-state index in [4.69, 9.17) is 18.9 Å². The maximum Gasteiger partial charge on any atom is 0.139 e. The molecular formula is C13H23B2N3O4. The van der Waals surface area contributed by atoms with Crippen molar-refractivity contribution in [3.8, 4) is 0 Å². The Balaban J connectivity index is 1.75. The fraction of sp³-hybridized carbons (Fsp3) is 0.846. The molecule has 1 aromatic rings. The Morgan fingerprint density at radius 3 is 2.77 bits per heavy atom. The summed E-state index contributed by atoms with van der Waals surface area (Å²) in [4.78, 5) is 0. The predicted octanol–water partition coefficient (Wildman–Crippen LogP) is -1.35. The van der Waals surface area contributed by atoms with Crippen molar-refractivity contribution in [2.75, 3.05) is 20.8 Å². The first kappa shape index (κ1) is 16.0. The van der Waals surface area contributed by atoms with E-state index >= 15 is 0 Å². The maximum atomic E-state index is 5.93. The van der Waals surface area contributed by atoms with Gasteiger partial charge in [0, 0.05) is 26.2 Å². The highest BCUT2D eigenvalue weighted by molar-refractivity contribution is 6.11. The minimum Gasteiger partial charge on any atom is -0.382 e. The lowest BCUT2D eigenvalue weighted by Crippen LogP contribution is -2.25. The summed E-state index contributed by atoms with van der Waals surface area (Å²) in [5, 5.41) is 8.61. The third-order valence-corrected chi connectivity index (χ3v) is 4.48. The van der Waals surface area contributed by atoms with Gasteiger partial charge in [0.1, 0.15) is 33.6 Å². The lowest BCUT2D eigenvalue weighted by Gasteiger charge is -2.17. The fourth-order valence-electron chi connectivity index (χ4n) is 3.44. The molecule has 0 saturated carbocycles. The lowest BCUT2D eigenvalue weighted by atomic mass is 9.95. The van der Waals surface area contributed by atoms with Gasteiger partial charge in [0.2, 0.25) is 0 Å². The van der Waals surface area contributed by atoms with E-state index in [9.17, 15) is 0 Å². The number of nitrogens with zero attached hydrogens (tertiary/aromatic N) is 3. The van der Waals surface area contributed by atoms with Gasteiger partial charge >= 0.3 is 0 Å². The second-order valence-corrected chi connectivity index (χ2v) is 6.24. The Labute approximate surface area is 132 Å². The lowest BCUT2D eigenvalue weighted by molar-refractivity contribution is 0.00591. The van der Waals surface area contributed by atoms with Crippen LogP contribution in [0.4, 0.5) is 0 Å². The predicted molar refractivity (Wildman–Crippen MR) is 84.3 cm³/mol. The van der Waals surface area contributed by atoms with Gasteiger partial charge in [0.25, 0.3) is 0 Å². The van der Waals surface area contributed by atoms with Crippen molar-refractivity contribution < 1.29 is 18.9 Å². The monoisotopic (exact) mass is 307 g/mol. The van der Waals surface area contributed by atoms with Crippen molar-refractivity contribution in [1.29, 1.82) is 0 Å². The van der Waals surface area contributed by atoms with E-state index in [0.717, 1.165) is 18.5 Å². The summed E-state index contributed by atoms with van der Waals surface area (Å²) in [6.07, 6.45) is 3.65. The smallest absolute Gasteiger partial charge is 0.139 e. The highest BCUT2D eigenvalue weighted by atomic mass is 16.6. The summed E-state index contributed by atoms with van der Waals surface area (Å²) in [5.74, 6) is 0. The van der Waals surface area contributed by atoms with Crippen molar-refractivity contribution in [2.24, 2.45) is 0 Å².